The molecule has 0 aliphatic carbocycles. The Morgan fingerprint density at radius 2 is 1.96 bits per heavy atom. The molecule has 0 saturated carbocycles. The van der Waals surface area contributed by atoms with Crippen molar-refractivity contribution in [2.75, 3.05) is 12.4 Å². The van der Waals surface area contributed by atoms with Crippen LogP contribution in [0.3, 0.4) is 0 Å². The summed E-state index contributed by atoms with van der Waals surface area (Å²) in [6.07, 6.45) is 4.78. The molecular weight excluding hydrogens is 372 g/mol. The van der Waals surface area contributed by atoms with Crippen LogP contribution < -0.4 is 5.32 Å². The van der Waals surface area contributed by atoms with E-state index < -0.39 is 10.0 Å². The van der Waals surface area contributed by atoms with Crippen LogP contribution in [0.5, 0.6) is 0 Å². The highest BCUT2D eigenvalue weighted by Gasteiger charge is 2.22. The van der Waals surface area contributed by atoms with Crippen molar-refractivity contribution in [3.8, 4) is 0 Å². The van der Waals surface area contributed by atoms with Gasteiger partial charge in [-0.2, -0.15) is 4.31 Å². The van der Waals surface area contributed by atoms with Gasteiger partial charge in [0.15, 0.2) is 0 Å². The lowest BCUT2D eigenvalue weighted by molar-refractivity contribution is 0.102. The number of hydrogen-bond acceptors (Lipinski definition) is 6. The van der Waals surface area contributed by atoms with Gasteiger partial charge in [-0.1, -0.05) is 0 Å². The molecule has 1 amide bonds. The van der Waals surface area contributed by atoms with Crippen LogP contribution in [0.2, 0.25) is 0 Å². The number of hydrogen-bond donors (Lipinski definition) is 1. The van der Waals surface area contributed by atoms with Crippen LogP contribution in [0.25, 0.3) is 0 Å². The molecule has 7 nitrogen and oxygen atoms in total. The second-order valence-corrected chi connectivity index (χ2v) is 8.43. The Balaban J connectivity index is 1.72. The fourth-order valence-corrected chi connectivity index (χ4v) is 4.09. The van der Waals surface area contributed by atoms with Crippen molar-refractivity contribution in [2.45, 2.75) is 11.4 Å². The van der Waals surface area contributed by atoms with Crippen molar-refractivity contribution >= 4 is 33.0 Å². The van der Waals surface area contributed by atoms with Crippen molar-refractivity contribution in [3.05, 3.63) is 70.9 Å². The van der Waals surface area contributed by atoms with Gasteiger partial charge in [0.2, 0.25) is 10.0 Å². The molecule has 0 spiro atoms. The van der Waals surface area contributed by atoms with Crippen molar-refractivity contribution in [1.29, 1.82) is 0 Å². The largest absolute Gasteiger partial charge is 0.321 e. The Morgan fingerprint density at radius 1 is 1.19 bits per heavy atom. The third-order valence-electron chi connectivity index (χ3n) is 3.59. The van der Waals surface area contributed by atoms with Crippen molar-refractivity contribution in [2.24, 2.45) is 0 Å². The molecule has 0 atom stereocenters. The van der Waals surface area contributed by atoms with Crippen LogP contribution in [0.1, 0.15) is 15.4 Å². The molecule has 9 heteroatoms. The summed E-state index contributed by atoms with van der Waals surface area (Å²) in [4.78, 5) is 20.4. The van der Waals surface area contributed by atoms with Crippen LogP contribution in [0.4, 0.5) is 5.69 Å². The van der Waals surface area contributed by atoms with Crippen LogP contribution in [0, 0.1) is 0 Å². The number of nitrogens with one attached hydrogen (secondary N) is 1. The first-order valence-electron chi connectivity index (χ1n) is 7.63. The summed E-state index contributed by atoms with van der Waals surface area (Å²) in [6.45, 7) is 0.198. The SMILES string of the molecule is CN(Cc1nccs1)S(=O)(=O)c1ccc(C(=O)Nc2cccnc2)cc1. The molecule has 0 radical (unpaired) electrons. The molecule has 0 bridgehead atoms. The fraction of sp³-hybridized carbons (Fsp3) is 0.118. The van der Waals surface area contributed by atoms with Crippen molar-refractivity contribution in [3.63, 3.8) is 0 Å². The van der Waals surface area contributed by atoms with Gasteiger partial charge in [-0.05, 0) is 36.4 Å². The predicted octanol–water partition coefficient (Wildman–Crippen LogP) is 2.61. The van der Waals surface area contributed by atoms with Gasteiger partial charge in [0.05, 0.1) is 23.3 Å². The van der Waals surface area contributed by atoms with Gasteiger partial charge in [0, 0.05) is 30.4 Å². The summed E-state index contributed by atoms with van der Waals surface area (Å²) in [5.41, 5.74) is 0.924. The molecule has 0 aliphatic rings. The monoisotopic (exact) mass is 388 g/mol. The van der Waals surface area contributed by atoms with E-state index in [4.69, 9.17) is 0 Å². The number of thiazole rings is 1. The summed E-state index contributed by atoms with van der Waals surface area (Å²) in [6, 6.07) is 9.24. The first-order chi connectivity index (χ1) is 12.5. The second kappa shape index (κ2) is 7.73. The molecule has 2 heterocycles. The summed E-state index contributed by atoms with van der Waals surface area (Å²) < 4.78 is 26.5. The van der Waals surface area contributed by atoms with E-state index in [2.05, 4.69) is 15.3 Å². The molecule has 3 aromatic rings. The highest BCUT2D eigenvalue weighted by atomic mass is 32.2. The number of nitrogens with zero attached hydrogens (tertiary/aromatic N) is 3. The Labute approximate surface area is 155 Å². The molecule has 134 valence electrons. The van der Waals surface area contributed by atoms with Gasteiger partial charge in [0.1, 0.15) is 5.01 Å². The molecule has 0 aliphatic heterocycles. The van der Waals surface area contributed by atoms with Crippen LogP contribution in [-0.2, 0) is 16.6 Å². The molecule has 1 aromatic carbocycles. The van der Waals surface area contributed by atoms with E-state index in [9.17, 15) is 13.2 Å². The normalized spacial score (nSPS) is 11.5. The lowest BCUT2D eigenvalue weighted by Gasteiger charge is -2.16. The number of amides is 1. The van der Waals surface area contributed by atoms with E-state index in [1.165, 1.54) is 53.2 Å². The number of aromatic nitrogens is 2. The first kappa shape index (κ1) is 18.2. The number of anilines is 1. The number of rotatable bonds is 6. The summed E-state index contributed by atoms with van der Waals surface area (Å²) in [7, 11) is -2.16. The van der Waals surface area contributed by atoms with Crippen molar-refractivity contribution < 1.29 is 13.2 Å². The Morgan fingerprint density at radius 3 is 2.58 bits per heavy atom. The first-order valence-corrected chi connectivity index (χ1v) is 9.95. The molecular formula is C17H16N4O3S2. The maximum absolute atomic E-state index is 12.6. The maximum atomic E-state index is 12.6. The van der Waals surface area contributed by atoms with Gasteiger partial charge >= 0.3 is 0 Å². The number of carbonyl (C=O) groups excluding carboxylic acids is 1. The van der Waals surface area contributed by atoms with Crippen LogP contribution in [-0.4, -0.2) is 35.6 Å². The van der Waals surface area contributed by atoms with E-state index in [1.54, 1.807) is 29.9 Å². The van der Waals surface area contributed by atoms with Gasteiger partial charge in [-0.15, -0.1) is 11.3 Å². The van der Waals surface area contributed by atoms with Gasteiger partial charge in [-0.25, -0.2) is 13.4 Å². The van der Waals surface area contributed by atoms with Crippen molar-refractivity contribution in [1.82, 2.24) is 14.3 Å². The van der Waals surface area contributed by atoms with Gasteiger partial charge in [0.25, 0.3) is 5.91 Å². The maximum Gasteiger partial charge on any atom is 0.255 e. The molecule has 1 N–H and O–H groups in total. The Bertz CT molecular complexity index is 973. The summed E-state index contributed by atoms with van der Waals surface area (Å²) in [5.74, 6) is -0.335. The molecule has 0 fully saturated rings. The zero-order valence-corrected chi connectivity index (χ0v) is 15.5. The second-order valence-electron chi connectivity index (χ2n) is 5.41. The number of sulfonamides is 1. The molecule has 3 rings (SSSR count). The van der Waals surface area contributed by atoms with Gasteiger partial charge in [-0.3, -0.25) is 9.78 Å². The molecule has 0 saturated heterocycles. The number of pyridine rings is 1. The number of carbonyl (C=O) groups is 1. The van der Waals surface area contributed by atoms with Gasteiger partial charge < -0.3 is 5.32 Å². The molecule has 2 aromatic heterocycles. The Kier molecular flexibility index (Phi) is 5.40. The predicted molar refractivity (Wildman–Crippen MR) is 99.4 cm³/mol. The van der Waals surface area contributed by atoms with E-state index >= 15 is 0 Å². The Hall–Kier alpha value is -2.62. The lowest BCUT2D eigenvalue weighted by Crippen LogP contribution is -2.26. The fourth-order valence-electron chi connectivity index (χ4n) is 2.20. The molecule has 0 unspecified atom stereocenters. The van der Waals surface area contributed by atoms with E-state index in [1.807, 2.05) is 0 Å². The van der Waals surface area contributed by atoms with Crippen LogP contribution >= 0.6 is 11.3 Å². The summed E-state index contributed by atoms with van der Waals surface area (Å²) >= 11 is 1.39. The zero-order valence-electron chi connectivity index (χ0n) is 13.9. The van der Waals surface area contributed by atoms with E-state index in [0.29, 0.717) is 16.3 Å². The van der Waals surface area contributed by atoms with E-state index in [0.717, 1.165) is 0 Å². The third kappa shape index (κ3) is 4.13. The third-order valence-corrected chi connectivity index (χ3v) is 6.17. The zero-order chi connectivity index (χ0) is 18.6. The summed E-state index contributed by atoms with van der Waals surface area (Å²) in [5, 5.41) is 5.21. The minimum absolute atomic E-state index is 0.120. The number of benzene rings is 1. The smallest absolute Gasteiger partial charge is 0.255 e. The minimum atomic E-state index is -3.66. The standard InChI is InChI=1S/C17H16N4O3S2/c1-21(12-16-19-9-10-25-16)26(23,24)15-6-4-13(5-7-15)17(22)20-14-3-2-8-18-11-14/h2-11H,12H2,1H3,(H,20,22). The van der Waals surface area contributed by atoms with Crippen LogP contribution in [0.15, 0.2) is 65.3 Å². The average Bonchev–Trinajstić information content (AvgIpc) is 3.15. The highest BCUT2D eigenvalue weighted by molar-refractivity contribution is 7.89. The lowest BCUT2D eigenvalue weighted by atomic mass is 10.2. The average molecular weight is 388 g/mol. The van der Waals surface area contributed by atoms with E-state index in [-0.39, 0.29) is 17.3 Å². The molecule has 26 heavy (non-hydrogen) atoms. The quantitative estimate of drug-likeness (QED) is 0.701. The topological polar surface area (TPSA) is 92.3 Å². The highest BCUT2D eigenvalue weighted by Crippen LogP contribution is 2.19. The minimum Gasteiger partial charge on any atom is -0.321 e.